The van der Waals surface area contributed by atoms with Gasteiger partial charge < -0.3 is 20.5 Å². The standard InChI is InChI=1S/C19H28N2O3.ClH/c20-12-15-5-1-2-9-18(15)21-19(22)14-6-3-7-16(11-14)24-13-17-8-4-10-23-17;/h3,6-7,11,15,17-18H,1-2,4-5,8-10,12-13,20H2,(H,21,22);1H. The van der Waals surface area contributed by atoms with E-state index in [9.17, 15) is 4.79 Å². The monoisotopic (exact) mass is 368 g/mol. The van der Waals surface area contributed by atoms with E-state index < -0.39 is 0 Å². The van der Waals surface area contributed by atoms with E-state index in [2.05, 4.69) is 5.32 Å². The van der Waals surface area contributed by atoms with Gasteiger partial charge in [0.15, 0.2) is 0 Å². The molecular weight excluding hydrogens is 340 g/mol. The van der Waals surface area contributed by atoms with E-state index in [0.717, 1.165) is 44.5 Å². The van der Waals surface area contributed by atoms with Crippen molar-refractivity contribution in [1.29, 1.82) is 0 Å². The molecule has 1 amide bonds. The minimum atomic E-state index is -0.0390. The summed E-state index contributed by atoms with van der Waals surface area (Å²) in [6.07, 6.45) is 6.81. The van der Waals surface area contributed by atoms with Gasteiger partial charge in [-0.15, -0.1) is 12.4 Å². The molecule has 3 unspecified atom stereocenters. The number of benzene rings is 1. The molecule has 0 radical (unpaired) electrons. The first-order valence-electron chi connectivity index (χ1n) is 9.11. The molecule has 0 bridgehead atoms. The van der Waals surface area contributed by atoms with Gasteiger partial charge in [0.1, 0.15) is 12.4 Å². The van der Waals surface area contributed by atoms with Gasteiger partial charge in [-0.25, -0.2) is 0 Å². The van der Waals surface area contributed by atoms with Crippen molar-refractivity contribution in [2.45, 2.75) is 50.7 Å². The summed E-state index contributed by atoms with van der Waals surface area (Å²) in [5.41, 5.74) is 6.49. The third kappa shape index (κ3) is 5.59. The number of hydrogen-bond donors (Lipinski definition) is 2. The van der Waals surface area contributed by atoms with Crippen LogP contribution in [0.3, 0.4) is 0 Å². The normalized spacial score (nSPS) is 25.9. The van der Waals surface area contributed by atoms with Crippen LogP contribution in [0, 0.1) is 5.92 Å². The number of amides is 1. The molecule has 3 rings (SSSR count). The van der Waals surface area contributed by atoms with Crippen molar-refractivity contribution in [3.63, 3.8) is 0 Å². The average Bonchev–Trinajstić information content (AvgIpc) is 3.14. The molecule has 1 aromatic carbocycles. The Hall–Kier alpha value is -1.30. The van der Waals surface area contributed by atoms with Gasteiger partial charge in [-0.1, -0.05) is 18.9 Å². The number of hydrogen-bond acceptors (Lipinski definition) is 4. The molecule has 2 fully saturated rings. The number of carbonyl (C=O) groups is 1. The summed E-state index contributed by atoms with van der Waals surface area (Å²) >= 11 is 0. The molecular formula is C19H29ClN2O3. The summed E-state index contributed by atoms with van der Waals surface area (Å²) in [6, 6.07) is 7.57. The number of nitrogens with one attached hydrogen (secondary N) is 1. The number of carbonyl (C=O) groups excluding carboxylic acids is 1. The Morgan fingerprint density at radius 1 is 1.24 bits per heavy atom. The molecule has 1 heterocycles. The average molecular weight is 369 g/mol. The van der Waals surface area contributed by atoms with Crippen LogP contribution in [0.4, 0.5) is 0 Å². The highest BCUT2D eigenvalue weighted by molar-refractivity contribution is 5.94. The first-order chi connectivity index (χ1) is 11.8. The van der Waals surface area contributed by atoms with Crippen molar-refractivity contribution < 1.29 is 14.3 Å². The topological polar surface area (TPSA) is 73.6 Å². The van der Waals surface area contributed by atoms with Gasteiger partial charge in [0.05, 0.1) is 6.10 Å². The SMILES string of the molecule is Cl.NCC1CCCCC1NC(=O)c1cccc(OCC2CCCO2)c1. The van der Waals surface area contributed by atoms with Crippen molar-refractivity contribution in [3.8, 4) is 5.75 Å². The summed E-state index contributed by atoms with van der Waals surface area (Å²) in [5.74, 6) is 1.07. The van der Waals surface area contributed by atoms with Gasteiger partial charge in [-0.05, 0) is 56.3 Å². The van der Waals surface area contributed by atoms with E-state index in [0.29, 0.717) is 24.6 Å². The maximum Gasteiger partial charge on any atom is 0.251 e. The summed E-state index contributed by atoms with van der Waals surface area (Å²) in [4.78, 5) is 12.6. The van der Waals surface area contributed by atoms with Gasteiger partial charge >= 0.3 is 0 Å². The molecule has 2 aliphatic rings. The second-order valence-electron chi connectivity index (χ2n) is 6.83. The van der Waals surface area contributed by atoms with Crippen LogP contribution >= 0.6 is 12.4 Å². The van der Waals surface area contributed by atoms with Crippen molar-refractivity contribution in [1.82, 2.24) is 5.32 Å². The zero-order valence-corrected chi connectivity index (χ0v) is 15.4. The van der Waals surface area contributed by atoms with Crippen LogP contribution in [-0.2, 0) is 4.74 Å². The smallest absolute Gasteiger partial charge is 0.251 e. The summed E-state index contributed by atoms with van der Waals surface area (Å²) in [6.45, 7) is 2.00. The van der Waals surface area contributed by atoms with Crippen LogP contribution in [-0.4, -0.2) is 37.8 Å². The lowest BCUT2D eigenvalue weighted by Gasteiger charge is -2.31. The highest BCUT2D eigenvalue weighted by Gasteiger charge is 2.25. The van der Waals surface area contributed by atoms with Crippen molar-refractivity contribution in [2.75, 3.05) is 19.8 Å². The minimum absolute atomic E-state index is 0. The van der Waals surface area contributed by atoms with E-state index in [1.54, 1.807) is 0 Å². The van der Waals surface area contributed by atoms with E-state index >= 15 is 0 Å². The Labute approximate surface area is 156 Å². The van der Waals surface area contributed by atoms with Gasteiger partial charge in [0.2, 0.25) is 0 Å². The zero-order chi connectivity index (χ0) is 16.8. The van der Waals surface area contributed by atoms with E-state index in [4.69, 9.17) is 15.2 Å². The quantitative estimate of drug-likeness (QED) is 0.809. The van der Waals surface area contributed by atoms with Crippen LogP contribution in [0.1, 0.15) is 48.9 Å². The first kappa shape index (κ1) is 20.0. The van der Waals surface area contributed by atoms with Crippen molar-refractivity contribution in [2.24, 2.45) is 11.7 Å². The lowest BCUT2D eigenvalue weighted by Crippen LogP contribution is -2.44. The Kier molecular flexibility index (Phi) is 8.00. The Balaban J connectivity index is 0.00000225. The molecule has 1 aromatic rings. The second kappa shape index (κ2) is 10.00. The number of nitrogens with two attached hydrogens (primary N) is 1. The Bertz CT molecular complexity index is 549. The number of ether oxygens (including phenoxy) is 2. The summed E-state index contributed by atoms with van der Waals surface area (Å²) in [7, 11) is 0. The molecule has 3 N–H and O–H groups in total. The predicted molar refractivity (Wildman–Crippen MR) is 100 cm³/mol. The van der Waals surface area contributed by atoms with Gasteiger partial charge in [0, 0.05) is 18.2 Å². The fourth-order valence-corrected chi connectivity index (χ4v) is 3.62. The molecule has 3 atom stereocenters. The molecule has 5 nitrogen and oxygen atoms in total. The minimum Gasteiger partial charge on any atom is -0.491 e. The second-order valence-corrected chi connectivity index (χ2v) is 6.83. The molecule has 0 aromatic heterocycles. The van der Waals surface area contributed by atoms with E-state index in [-0.39, 0.29) is 30.5 Å². The van der Waals surface area contributed by atoms with Crippen LogP contribution in [0.15, 0.2) is 24.3 Å². The van der Waals surface area contributed by atoms with E-state index in [1.165, 1.54) is 6.42 Å². The lowest BCUT2D eigenvalue weighted by atomic mass is 9.84. The van der Waals surface area contributed by atoms with Crippen LogP contribution in [0.2, 0.25) is 0 Å². The fourth-order valence-electron chi connectivity index (χ4n) is 3.62. The maximum atomic E-state index is 12.6. The first-order valence-corrected chi connectivity index (χ1v) is 9.11. The van der Waals surface area contributed by atoms with Gasteiger partial charge in [-0.3, -0.25) is 4.79 Å². The molecule has 1 aliphatic heterocycles. The third-order valence-corrected chi connectivity index (χ3v) is 5.08. The third-order valence-electron chi connectivity index (χ3n) is 5.08. The predicted octanol–water partition coefficient (Wildman–Crippen LogP) is 2.91. The van der Waals surface area contributed by atoms with Gasteiger partial charge in [-0.2, -0.15) is 0 Å². The van der Waals surface area contributed by atoms with Gasteiger partial charge in [0.25, 0.3) is 5.91 Å². The molecule has 1 saturated carbocycles. The molecule has 140 valence electrons. The van der Waals surface area contributed by atoms with Crippen molar-refractivity contribution >= 4 is 18.3 Å². The van der Waals surface area contributed by atoms with E-state index in [1.807, 2.05) is 24.3 Å². The molecule has 0 spiro atoms. The molecule has 6 heteroatoms. The Morgan fingerprint density at radius 2 is 2.08 bits per heavy atom. The maximum absolute atomic E-state index is 12.6. The summed E-state index contributed by atoms with van der Waals surface area (Å²) in [5, 5.41) is 3.16. The van der Waals surface area contributed by atoms with Crippen LogP contribution < -0.4 is 15.8 Å². The van der Waals surface area contributed by atoms with Crippen molar-refractivity contribution in [3.05, 3.63) is 29.8 Å². The zero-order valence-electron chi connectivity index (χ0n) is 14.6. The highest BCUT2D eigenvalue weighted by Crippen LogP contribution is 2.24. The number of halogens is 1. The number of rotatable bonds is 6. The Morgan fingerprint density at radius 3 is 2.84 bits per heavy atom. The van der Waals surface area contributed by atoms with Crippen LogP contribution in [0.25, 0.3) is 0 Å². The molecule has 25 heavy (non-hydrogen) atoms. The van der Waals surface area contributed by atoms with Crippen LogP contribution in [0.5, 0.6) is 5.75 Å². The molecule has 1 aliphatic carbocycles. The fraction of sp³-hybridized carbons (Fsp3) is 0.632. The molecule has 1 saturated heterocycles. The largest absolute Gasteiger partial charge is 0.491 e. The lowest BCUT2D eigenvalue weighted by molar-refractivity contribution is 0.0679. The highest BCUT2D eigenvalue weighted by atomic mass is 35.5. The summed E-state index contributed by atoms with van der Waals surface area (Å²) < 4.78 is 11.3.